The highest BCUT2D eigenvalue weighted by Gasteiger charge is 2.32. The SMILES string of the molecule is CCNC(=NCC(CC)CC)NCC(C1CC1)N(C)C. The van der Waals surface area contributed by atoms with E-state index in [1.807, 2.05) is 0 Å². The molecule has 0 amide bonds. The van der Waals surface area contributed by atoms with Crippen LogP contribution in [0.25, 0.3) is 0 Å². The van der Waals surface area contributed by atoms with E-state index < -0.39 is 0 Å². The van der Waals surface area contributed by atoms with E-state index in [0.29, 0.717) is 12.0 Å². The summed E-state index contributed by atoms with van der Waals surface area (Å²) in [5.74, 6) is 2.56. The molecule has 0 spiro atoms. The number of nitrogens with one attached hydrogen (secondary N) is 2. The van der Waals surface area contributed by atoms with Crippen LogP contribution < -0.4 is 10.6 Å². The van der Waals surface area contributed by atoms with Crippen LogP contribution >= 0.6 is 0 Å². The molecular weight excluding hydrogens is 248 g/mol. The van der Waals surface area contributed by atoms with Gasteiger partial charge in [-0.15, -0.1) is 0 Å². The Bertz CT molecular complexity index is 278. The smallest absolute Gasteiger partial charge is 0.191 e. The molecule has 4 nitrogen and oxygen atoms in total. The van der Waals surface area contributed by atoms with Gasteiger partial charge in [0.1, 0.15) is 0 Å². The molecule has 1 aliphatic rings. The Morgan fingerprint density at radius 1 is 1.15 bits per heavy atom. The van der Waals surface area contributed by atoms with Crippen LogP contribution in [0.5, 0.6) is 0 Å². The van der Waals surface area contributed by atoms with E-state index in [4.69, 9.17) is 4.99 Å². The molecule has 1 aliphatic carbocycles. The number of rotatable bonds is 9. The molecule has 1 fully saturated rings. The van der Waals surface area contributed by atoms with Gasteiger partial charge in [0.25, 0.3) is 0 Å². The average Bonchev–Trinajstić information content (AvgIpc) is 3.24. The predicted octanol–water partition coefficient (Wildman–Crippen LogP) is 2.32. The molecule has 0 aromatic heterocycles. The van der Waals surface area contributed by atoms with Gasteiger partial charge in [-0.25, -0.2) is 0 Å². The maximum absolute atomic E-state index is 4.74. The van der Waals surface area contributed by atoms with Gasteiger partial charge in [0.15, 0.2) is 5.96 Å². The maximum Gasteiger partial charge on any atom is 0.191 e. The van der Waals surface area contributed by atoms with E-state index in [1.54, 1.807) is 0 Å². The van der Waals surface area contributed by atoms with Gasteiger partial charge in [-0.2, -0.15) is 0 Å². The summed E-state index contributed by atoms with van der Waals surface area (Å²) in [6.45, 7) is 9.46. The van der Waals surface area contributed by atoms with Gasteiger partial charge >= 0.3 is 0 Å². The molecule has 0 aromatic rings. The lowest BCUT2D eigenvalue weighted by Crippen LogP contribution is -2.46. The number of hydrogen-bond acceptors (Lipinski definition) is 2. The number of guanidine groups is 1. The molecule has 1 atom stereocenters. The minimum absolute atomic E-state index is 0.631. The quantitative estimate of drug-likeness (QED) is 0.503. The van der Waals surface area contributed by atoms with Crippen molar-refractivity contribution in [2.45, 2.75) is 52.5 Å². The van der Waals surface area contributed by atoms with E-state index >= 15 is 0 Å². The molecule has 4 heteroatoms. The van der Waals surface area contributed by atoms with Crippen LogP contribution in [0.15, 0.2) is 4.99 Å². The van der Waals surface area contributed by atoms with Crippen LogP contribution in [-0.2, 0) is 0 Å². The van der Waals surface area contributed by atoms with Crippen molar-refractivity contribution in [3.63, 3.8) is 0 Å². The zero-order valence-electron chi connectivity index (χ0n) is 14.1. The molecule has 0 aromatic carbocycles. The Morgan fingerprint density at radius 2 is 1.80 bits per heavy atom. The second kappa shape index (κ2) is 9.22. The molecule has 0 bridgehead atoms. The first-order valence-electron chi connectivity index (χ1n) is 8.30. The third-order valence-electron chi connectivity index (χ3n) is 4.31. The first-order valence-corrected chi connectivity index (χ1v) is 8.30. The lowest BCUT2D eigenvalue weighted by atomic mass is 10.0. The highest BCUT2D eigenvalue weighted by atomic mass is 15.2. The lowest BCUT2D eigenvalue weighted by Gasteiger charge is -2.25. The van der Waals surface area contributed by atoms with Gasteiger partial charge in [0.05, 0.1) is 0 Å². The zero-order valence-corrected chi connectivity index (χ0v) is 14.1. The Balaban J connectivity index is 2.46. The summed E-state index contributed by atoms with van der Waals surface area (Å²) < 4.78 is 0. The lowest BCUT2D eigenvalue weighted by molar-refractivity contribution is 0.264. The molecule has 20 heavy (non-hydrogen) atoms. The second-order valence-electron chi connectivity index (χ2n) is 6.15. The molecule has 0 aliphatic heterocycles. The Kier molecular flexibility index (Phi) is 7.97. The summed E-state index contributed by atoms with van der Waals surface area (Å²) in [5, 5.41) is 6.88. The van der Waals surface area contributed by atoms with Crippen molar-refractivity contribution >= 4 is 5.96 Å². The number of aliphatic imine (C=N–C) groups is 1. The second-order valence-corrected chi connectivity index (χ2v) is 6.15. The van der Waals surface area contributed by atoms with Crippen LogP contribution in [0.3, 0.4) is 0 Å². The van der Waals surface area contributed by atoms with Gasteiger partial charge in [-0.1, -0.05) is 26.7 Å². The molecule has 1 saturated carbocycles. The molecule has 0 heterocycles. The van der Waals surface area contributed by atoms with Gasteiger partial charge in [-0.3, -0.25) is 4.99 Å². The fraction of sp³-hybridized carbons (Fsp3) is 0.938. The fourth-order valence-electron chi connectivity index (χ4n) is 2.56. The fourth-order valence-corrected chi connectivity index (χ4v) is 2.56. The summed E-state index contributed by atoms with van der Waals surface area (Å²) in [7, 11) is 4.36. The number of hydrogen-bond donors (Lipinski definition) is 2. The van der Waals surface area contributed by atoms with Crippen molar-refractivity contribution in [2.75, 3.05) is 33.7 Å². The van der Waals surface area contributed by atoms with Crippen molar-refractivity contribution in [2.24, 2.45) is 16.8 Å². The van der Waals surface area contributed by atoms with E-state index in [1.165, 1.54) is 25.7 Å². The van der Waals surface area contributed by atoms with Crippen LogP contribution in [-0.4, -0.2) is 50.6 Å². The van der Waals surface area contributed by atoms with Gasteiger partial charge < -0.3 is 15.5 Å². The minimum Gasteiger partial charge on any atom is -0.357 e. The average molecular weight is 282 g/mol. The number of nitrogens with zero attached hydrogens (tertiary/aromatic N) is 2. The van der Waals surface area contributed by atoms with E-state index in [9.17, 15) is 0 Å². The monoisotopic (exact) mass is 282 g/mol. The minimum atomic E-state index is 0.631. The Morgan fingerprint density at radius 3 is 2.25 bits per heavy atom. The van der Waals surface area contributed by atoms with Crippen molar-refractivity contribution in [3.05, 3.63) is 0 Å². The third-order valence-corrected chi connectivity index (χ3v) is 4.31. The third kappa shape index (κ3) is 6.12. The summed E-state index contributed by atoms with van der Waals surface area (Å²) in [4.78, 5) is 7.08. The summed E-state index contributed by atoms with van der Waals surface area (Å²) in [6, 6.07) is 0.631. The Hall–Kier alpha value is -0.770. The normalized spacial score (nSPS) is 17.6. The standard InChI is InChI=1S/C16H34N4/c1-6-13(7-2)11-18-16(17-8-3)19-12-15(20(4)5)14-9-10-14/h13-15H,6-12H2,1-5H3,(H2,17,18,19). The van der Waals surface area contributed by atoms with E-state index in [-0.39, 0.29) is 0 Å². The van der Waals surface area contributed by atoms with Crippen LogP contribution in [0, 0.1) is 11.8 Å². The van der Waals surface area contributed by atoms with Crippen molar-refractivity contribution in [1.29, 1.82) is 0 Å². The largest absolute Gasteiger partial charge is 0.357 e. The van der Waals surface area contributed by atoms with E-state index in [2.05, 4.69) is 50.4 Å². The van der Waals surface area contributed by atoms with Crippen LogP contribution in [0.2, 0.25) is 0 Å². The predicted molar refractivity (Wildman–Crippen MR) is 88.3 cm³/mol. The Labute approximate surface area is 125 Å². The molecule has 0 saturated heterocycles. The summed E-state index contributed by atoms with van der Waals surface area (Å²) in [5.41, 5.74) is 0. The first kappa shape index (κ1) is 17.3. The molecule has 1 unspecified atom stereocenters. The van der Waals surface area contributed by atoms with Crippen LogP contribution in [0.4, 0.5) is 0 Å². The molecule has 0 radical (unpaired) electrons. The molecular formula is C16H34N4. The van der Waals surface area contributed by atoms with Gasteiger partial charge in [0, 0.05) is 25.7 Å². The zero-order chi connectivity index (χ0) is 15.0. The first-order chi connectivity index (χ1) is 9.62. The van der Waals surface area contributed by atoms with Crippen molar-refractivity contribution in [3.8, 4) is 0 Å². The summed E-state index contributed by atoms with van der Waals surface area (Å²) >= 11 is 0. The van der Waals surface area contributed by atoms with Gasteiger partial charge in [0.2, 0.25) is 0 Å². The highest BCUT2D eigenvalue weighted by molar-refractivity contribution is 5.79. The maximum atomic E-state index is 4.74. The number of likely N-dealkylation sites (N-methyl/N-ethyl adjacent to an activating group) is 1. The van der Waals surface area contributed by atoms with E-state index in [0.717, 1.165) is 31.5 Å². The van der Waals surface area contributed by atoms with Crippen LogP contribution in [0.1, 0.15) is 46.5 Å². The van der Waals surface area contributed by atoms with Crippen molar-refractivity contribution < 1.29 is 0 Å². The topological polar surface area (TPSA) is 39.7 Å². The molecule has 118 valence electrons. The van der Waals surface area contributed by atoms with Gasteiger partial charge in [-0.05, 0) is 45.7 Å². The highest BCUT2D eigenvalue weighted by Crippen LogP contribution is 2.34. The van der Waals surface area contributed by atoms with Crippen molar-refractivity contribution in [1.82, 2.24) is 15.5 Å². The molecule has 1 rings (SSSR count). The summed E-state index contributed by atoms with van der Waals surface area (Å²) in [6.07, 6.45) is 5.18. The molecule has 2 N–H and O–H groups in total.